The van der Waals surface area contributed by atoms with Crippen LogP contribution >= 0.6 is 0 Å². The Labute approximate surface area is 299 Å². The monoisotopic (exact) mass is 684 g/mol. The quantitative estimate of drug-likeness (QED) is 0.118. The molecule has 0 saturated heterocycles. The van der Waals surface area contributed by atoms with Crippen LogP contribution in [0.25, 0.3) is 11.1 Å². The minimum absolute atomic E-state index is 0.0196. The molecule has 0 fully saturated rings. The number of nitrogens with zero attached hydrogens (tertiary/aromatic N) is 3. The lowest BCUT2D eigenvalue weighted by atomic mass is 9.98. The number of aromatic nitrogens is 1. The predicted octanol–water partition coefficient (Wildman–Crippen LogP) is 8.51. The van der Waals surface area contributed by atoms with Gasteiger partial charge in [-0.1, -0.05) is 60.2 Å². The summed E-state index contributed by atoms with van der Waals surface area (Å²) in [7, 11) is 4.94. The second kappa shape index (κ2) is 17.1. The number of benzene rings is 4. The molecule has 262 valence electrons. The molecule has 0 radical (unpaired) electrons. The van der Waals surface area contributed by atoms with Crippen LogP contribution in [0.1, 0.15) is 57.5 Å². The lowest BCUT2D eigenvalue weighted by Crippen LogP contribution is -2.27. The molecular formula is C42H44N4O5. The zero-order valence-corrected chi connectivity index (χ0v) is 29.8. The van der Waals surface area contributed by atoms with E-state index in [0.717, 1.165) is 41.5 Å². The number of ether oxygens (including phenoxy) is 2. The average Bonchev–Trinajstić information content (AvgIpc) is 3.16. The summed E-state index contributed by atoms with van der Waals surface area (Å²) in [5, 5.41) is 2.97. The van der Waals surface area contributed by atoms with Crippen molar-refractivity contribution in [3.8, 4) is 22.6 Å². The van der Waals surface area contributed by atoms with Crippen LogP contribution < -0.4 is 24.6 Å². The number of nitrogens with one attached hydrogen (secondary N) is 1. The second-order valence-electron chi connectivity index (χ2n) is 12.4. The Kier molecular flexibility index (Phi) is 12.2. The maximum atomic E-state index is 13.8. The summed E-state index contributed by atoms with van der Waals surface area (Å²) in [5.74, 6) is 1.06. The summed E-state index contributed by atoms with van der Waals surface area (Å²) >= 11 is 0. The highest BCUT2D eigenvalue weighted by atomic mass is 16.5. The van der Waals surface area contributed by atoms with E-state index in [0.29, 0.717) is 52.8 Å². The predicted molar refractivity (Wildman–Crippen MR) is 203 cm³/mol. The van der Waals surface area contributed by atoms with Crippen LogP contribution in [0.5, 0.6) is 11.5 Å². The number of anilines is 3. The molecule has 0 unspecified atom stereocenters. The van der Waals surface area contributed by atoms with Gasteiger partial charge < -0.3 is 19.7 Å². The molecule has 3 amide bonds. The van der Waals surface area contributed by atoms with E-state index in [4.69, 9.17) is 9.47 Å². The summed E-state index contributed by atoms with van der Waals surface area (Å²) in [6.07, 6.45) is 4.40. The molecule has 51 heavy (non-hydrogen) atoms. The maximum Gasteiger partial charge on any atom is 0.258 e. The molecule has 0 aliphatic heterocycles. The lowest BCUT2D eigenvalue weighted by molar-refractivity contribution is -0.118. The van der Waals surface area contributed by atoms with Crippen molar-refractivity contribution in [2.45, 2.75) is 39.5 Å². The molecule has 5 aromatic rings. The molecule has 1 N–H and O–H groups in total. The van der Waals surface area contributed by atoms with E-state index in [1.165, 1.54) is 7.11 Å². The first kappa shape index (κ1) is 36.3. The number of methoxy groups -OCH3 is 1. The Hall–Kier alpha value is -5.96. The smallest absolute Gasteiger partial charge is 0.258 e. The molecule has 0 spiro atoms. The number of unbranched alkanes of at least 4 members (excludes halogenated alkanes) is 2. The molecule has 4 aromatic carbocycles. The summed E-state index contributed by atoms with van der Waals surface area (Å²) in [4.78, 5) is 47.2. The van der Waals surface area contributed by atoms with Crippen molar-refractivity contribution in [1.82, 2.24) is 4.98 Å². The maximum absolute atomic E-state index is 13.8. The van der Waals surface area contributed by atoms with E-state index in [1.807, 2.05) is 92.7 Å². The van der Waals surface area contributed by atoms with Gasteiger partial charge in [0.05, 0.1) is 25.1 Å². The highest BCUT2D eigenvalue weighted by molar-refractivity contribution is 6.10. The van der Waals surface area contributed by atoms with Gasteiger partial charge in [0, 0.05) is 37.8 Å². The molecule has 0 bridgehead atoms. The molecule has 5 rings (SSSR count). The highest BCUT2D eigenvalue weighted by Crippen LogP contribution is 2.33. The number of rotatable bonds is 14. The van der Waals surface area contributed by atoms with Crippen LogP contribution in [0.4, 0.5) is 17.2 Å². The molecule has 0 aliphatic rings. The Balaban J connectivity index is 1.21. The third kappa shape index (κ3) is 9.19. The van der Waals surface area contributed by atoms with Crippen LogP contribution in [0.2, 0.25) is 0 Å². The zero-order chi connectivity index (χ0) is 36.3. The molecule has 1 aromatic heterocycles. The van der Waals surface area contributed by atoms with Crippen LogP contribution in [0.15, 0.2) is 109 Å². The van der Waals surface area contributed by atoms with E-state index in [1.54, 1.807) is 54.4 Å². The van der Waals surface area contributed by atoms with Crippen LogP contribution in [-0.2, 0) is 4.79 Å². The number of hydrogen-bond donors (Lipinski definition) is 1. The number of aryl methyl sites for hydroxylation is 2. The molecule has 9 nitrogen and oxygen atoms in total. The first-order chi connectivity index (χ1) is 24.7. The number of carbonyl (C=O) groups is 3. The van der Waals surface area contributed by atoms with Gasteiger partial charge in [-0.15, -0.1) is 0 Å². The largest absolute Gasteiger partial charge is 0.495 e. The van der Waals surface area contributed by atoms with Gasteiger partial charge >= 0.3 is 0 Å². The minimum atomic E-state index is -0.287. The topological polar surface area (TPSA) is 101 Å². The van der Waals surface area contributed by atoms with Gasteiger partial charge in [0.2, 0.25) is 5.91 Å². The molecule has 0 atom stereocenters. The van der Waals surface area contributed by atoms with Gasteiger partial charge in [0.1, 0.15) is 17.3 Å². The lowest BCUT2D eigenvalue weighted by Gasteiger charge is -2.22. The fourth-order valence-electron chi connectivity index (χ4n) is 5.69. The van der Waals surface area contributed by atoms with Crippen molar-refractivity contribution >= 4 is 34.9 Å². The van der Waals surface area contributed by atoms with Gasteiger partial charge in [0.25, 0.3) is 11.8 Å². The van der Waals surface area contributed by atoms with Crippen molar-refractivity contribution < 1.29 is 23.9 Å². The normalized spacial score (nSPS) is 10.7. The summed E-state index contributed by atoms with van der Waals surface area (Å²) in [6, 6.07) is 31.7. The Morgan fingerprint density at radius 2 is 1.49 bits per heavy atom. The third-order valence-electron chi connectivity index (χ3n) is 8.67. The SMILES string of the molecule is COc1cc(C(=O)N(C)c2ccc(C)cc2OCCCCCC(=O)N(C)c2ccccn2)ccc1NC(=O)c1ccccc1-c1ccc(C)cc1. The van der Waals surface area contributed by atoms with E-state index in [-0.39, 0.29) is 17.7 Å². The standard InChI is InChI=1S/C42H44N4O5/c1-29-17-20-31(21-18-29)33-13-8-9-14-34(33)41(48)44-35-23-22-32(28-37(35)50-5)42(49)45(3)36-24-19-30(2)27-38(36)51-26-12-6-7-16-40(47)46(4)39-15-10-11-25-43-39/h8-11,13-15,17-25,27-28H,6-7,12,16,26H2,1-5H3,(H,44,48). The summed E-state index contributed by atoms with van der Waals surface area (Å²) < 4.78 is 11.8. The molecule has 0 aliphatic carbocycles. The Morgan fingerprint density at radius 3 is 2.24 bits per heavy atom. The molecule has 0 saturated carbocycles. The van der Waals surface area contributed by atoms with Crippen molar-refractivity contribution in [1.29, 1.82) is 0 Å². The van der Waals surface area contributed by atoms with E-state index in [2.05, 4.69) is 10.3 Å². The highest BCUT2D eigenvalue weighted by Gasteiger charge is 2.21. The van der Waals surface area contributed by atoms with Gasteiger partial charge in [0.15, 0.2) is 0 Å². The van der Waals surface area contributed by atoms with E-state index < -0.39 is 0 Å². The third-order valence-corrected chi connectivity index (χ3v) is 8.67. The van der Waals surface area contributed by atoms with Crippen LogP contribution in [0.3, 0.4) is 0 Å². The van der Waals surface area contributed by atoms with Gasteiger partial charge in [-0.05, 0) is 98.3 Å². The number of pyridine rings is 1. The average molecular weight is 685 g/mol. The van der Waals surface area contributed by atoms with E-state index in [9.17, 15) is 14.4 Å². The van der Waals surface area contributed by atoms with Crippen molar-refractivity contribution in [2.75, 3.05) is 42.9 Å². The number of amides is 3. The minimum Gasteiger partial charge on any atom is -0.495 e. The molecule has 1 heterocycles. The van der Waals surface area contributed by atoms with Crippen molar-refractivity contribution in [3.05, 3.63) is 132 Å². The first-order valence-electron chi connectivity index (χ1n) is 17.0. The molecular weight excluding hydrogens is 640 g/mol. The second-order valence-corrected chi connectivity index (χ2v) is 12.4. The Morgan fingerprint density at radius 1 is 0.745 bits per heavy atom. The molecule has 9 heteroatoms. The van der Waals surface area contributed by atoms with Crippen LogP contribution in [0, 0.1) is 13.8 Å². The fraction of sp³-hybridized carbons (Fsp3) is 0.238. The first-order valence-corrected chi connectivity index (χ1v) is 17.0. The number of hydrogen-bond acceptors (Lipinski definition) is 6. The van der Waals surface area contributed by atoms with E-state index >= 15 is 0 Å². The van der Waals surface area contributed by atoms with Crippen molar-refractivity contribution in [2.24, 2.45) is 0 Å². The number of carbonyl (C=O) groups excluding carboxylic acids is 3. The van der Waals surface area contributed by atoms with Crippen LogP contribution in [-0.4, -0.2) is 50.5 Å². The van der Waals surface area contributed by atoms with Crippen molar-refractivity contribution in [3.63, 3.8) is 0 Å². The zero-order valence-electron chi connectivity index (χ0n) is 29.8. The van der Waals surface area contributed by atoms with Gasteiger partial charge in [-0.25, -0.2) is 4.98 Å². The van der Waals surface area contributed by atoms with Gasteiger partial charge in [-0.2, -0.15) is 0 Å². The fourth-order valence-corrected chi connectivity index (χ4v) is 5.69. The summed E-state index contributed by atoms with van der Waals surface area (Å²) in [6.45, 7) is 4.44. The Bertz CT molecular complexity index is 1980. The summed E-state index contributed by atoms with van der Waals surface area (Å²) in [5.41, 5.74) is 5.89. The van der Waals surface area contributed by atoms with Gasteiger partial charge in [-0.3, -0.25) is 19.3 Å².